The normalized spacial score (nSPS) is 14.8. The van der Waals surface area contributed by atoms with E-state index in [1.807, 2.05) is 60.7 Å². The molecule has 0 spiro atoms. The molecule has 3 aromatic carbocycles. The largest absolute Gasteiger partial charge is 0.350 e. The molecule has 7 nitrogen and oxygen atoms in total. The van der Waals surface area contributed by atoms with E-state index < -0.39 is 5.25 Å². The number of benzene rings is 3. The molecule has 1 atom stereocenters. The molecule has 0 fully saturated rings. The van der Waals surface area contributed by atoms with Crippen LogP contribution in [0.1, 0.15) is 21.9 Å². The zero-order valence-corrected chi connectivity index (χ0v) is 23.9. The minimum atomic E-state index is -0.449. The topological polar surface area (TPSA) is 80.1 Å². The molecule has 0 saturated carbocycles. The minimum absolute atomic E-state index is 0.0719. The summed E-state index contributed by atoms with van der Waals surface area (Å²) in [6.07, 6.45) is 3.34. The Kier molecular flexibility index (Phi) is 8.03. The lowest BCUT2D eigenvalue weighted by Gasteiger charge is -2.23. The Morgan fingerprint density at radius 1 is 1.02 bits per heavy atom. The van der Waals surface area contributed by atoms with Crippen LogP contribution in [0.3, 0.4) is 0 Å². The number of nitrogens with one attached hydrogen (secondary N) is 1. The van der Waals surface area contributed by atoms with Gasteiger partial charge in [-0.3, -0.25) is 19.5 Å². The van der Waals surface area contributed by atoms with E-state index >= 15 is 0 Å². The number of anilines is 1. The summed E-state index contributed by atoms with van der Waals surface area (Å²) < 4.78 is 16.1. The Labute approximate surface area is 251 Å². The first-order chi connectivity index (χ1) is 20.5. The van der Waals surface area contributed by atoms with Gasteiger partial charge in [0.1, 0.15) is 18.2 Å². The SMILES string of the molecule is O=C(CN1C(=O)CS[C@@H](c2cccc(F)c2)c2c(-c3ccccc3)nn(-c3ccccc3Cl)c21)NCc1cccnc1. The number of pyridine rings is 1. The second kappa shape index (κ2) is 12.2. The van der Waals surface area contributed by atoms with Crippen LogP contribution in [-0.4, -0.2) is 38.9 Å². The van der Waals surface area contributed by atoms with Gasteiger partial charge in [-0.15, -0.1) is 11.8 Å². The number of fused-ring (bicyclic) bond motifs is 1. The van der Waals surface area contributed by atoms with Gasteiger partial charge in [0.2, 0.25) is 11.8 Å². The predicted molar refractivity (Wildman–Crippen MR) is 163 cm³/mol. The van der Waals surface area contributed by atoms with E-state index in [-0.39, 0.29) is 36.5 Å². The van der Waals surface area contributed by atoms with E-state index in [1.165, 1.54) is 28.8 Å². The van der Waals surface area contributed by atoms with Gasteiger partial charge in [-0.2, -0.15) is 5.10 Å². The highest BCUT2D eigenvalue weighted by Gasteiger charge is 2.38. The fraction of sp³-hybridized carbons (Fsp3) is 0.125. The fourth-order valence-corrected chi connectivity index (χ4v) is 6.36. The third-order valence-electron chi connectivity index (χ3n) is 6.88. The van der Waals surface area contributed by atoms with Gasteiger partial charge >= 0.3 is 0 Å². The van der Waals surface area contributed by atoms with E-state index in [4.69, 9.17) is 16.7 Å². The molecule has 0 radical (unpaired) electrons. The number of nitrogens with zero attached hydrogens (tertiary/aromatic N) is 4. The third kappa shape index (κ3) is 5.66. The summed E-state index contributed by atoms with van der Waals surface area (Å²) in [7, 11) is 0. The smallest absolute Gasteiger partial charge is 0.240 e. The zero-order chi connectivity index (χ0) is 29.1. The standard InChI is InChI=1S/C32H25ClFN5O2S/c33-25-13-4-5-14-26(25)39-32-29(30(37-39)22-9-2-1-3-10-22)31(23-11-6-12-24(34)16-23)42-20-28(41)38(32)19-27(40)36-18-21-8-7-15-35-17-21/h1-17,31H,18-20H2,(H,36,40)/t31-/m0/s1. The van der Waals surface area contributed by atoms with Gasteiger partial charge in [0.05, 0.1) is 27.4 Å². The second-order valence-corrected chi connectivity index (χ2v) is 11.2. The fourth-order valence-electron chi connectivity index (χ4n) is 4.96. The molecule has 3 heterocycles. The molecule has 1 aliphatic heterocycles. The average Bonchev–Trinajstić information content (AvgIpc) is 3.33. The number of carbonyl (C=O) groups excluding carboxylic acids is 2. The van der Waals surface area contributed by atoms with Crippen molar-refractivity contribution < 1.29 is 14.0 Å². The molecule has 0 aliphatic carbocycles. The number of hydrogen-bond donors (Lipinski definition) is 1. The maximum atomic E-state index is 14.5. The van der Waals surface area contributed by atoms with Crippen LogP contribution in [0.4, 0.5) is 10.2 Å². The quantitative estimate of drug-likeness (QED) is 0.241. The third-order valence-corrected chi connectivity index (χ3v) is 8.46. The van der Waals surface area contributed by atoms with Gasteiger partial charge in [-0.05, 0) is 41.5 Å². The van der Waals surface area contributed by atoms with Crippen LogP contribution in [0, 0.1) is 5.82 Å². The molecule has 1 N–H and O–H groups in total. The van der Waals surface area contributed by atoms with Gasteiger partial charge in [0, 0.05) is 30.1 Å². The number of para-hydroxylation sites is 1. The van der Waals surface area contributed by atoms with Crippen molar-refractivity contribution in [3.8, 4) is 16.9 Å². The maximum Gasteiger partial charge on any atom is 0.240 e. The number of carbonyl (C=O) groups is 2. The number of rotatable bonds is 7. The predicted octanol–water partition coefficient (Wildman–Crippen LogP) is 6.21. The number of hydrogen-bond acceptors (Lipinski definition) is 5. The van der Waals surface area contributed by atoms with Crippen LogP contribution < -0.4 is 10.2 Å². The van der Waals surface area contributed by atoms with Crippen LogP contribution in [0.2, 0.25) is 5.02 Å². The summed E-state index contributed by atoms with van der Waals surface area (Å²) in [5, 5.41) is 7.88. The van der Waals surface area contributed by atoms with Gasteiger partial charge in [-0.1, -0.05) is 72.3 Å². The van der Waals surface area contributed by atoms with Gasteiger partial charge < -0.3 is 5.32 Å². The van der Waals surface area contributed by atoms with E-state index in [0.29, 0.717) is 33.3 Å². The highest BCUT2D eigenvalue weighted by molar-refractivity contribution is 8.00. The monoisotopic (exact) mass is 597 g/mol. The number of amides is 2. The lowest BCUT2D eigenvalue weighted by Crippen LogP contribution is -2.42. The van der Waals surface area contributed by atoms with Gasteiger partial charge in [0.25, 0.3) is 0 Å². The van der Waals surface area contributed by atoms with Crippen LogP contribution in [0.5, 0.6) is 0 Å². The van der Waals surface area contributed by atoms with E-state index in [0.717, 1.165) is 11.1 Å². The average molecular weight is 598 g/mol. The van der Waals surface area contributed by atoms with E-state index in [1.54, 1.807) is 35.3 Å². The summed E-state index contributed by atoms with van der Waals surface area (Å²) in [5.41, 5.74) is 4.20. The van der Waals surface area contributed by atoms with Crippen LogP contribution >= 0.6 is 23.4 Å². The number of aromatic nitrogens is 3. The van der Waals surface area contributed by atoms with Crippen molar-refractivity contribution >= 4 is 41.0 Å². The van der Waals surface area contributed by atoms with Crippen molar-refractivity contribution in [2.75, 3.05) is 17.2 Å². The van der Waals surface area contributed by atoms with Crippen molar-refractivity contribution in [1.82, 2.24) is 20.1 Å². The van der Waals surface area contributed by atoms with Crippen LogP contribution in [-0.2, 0) is 16.1 Å². The Balaban J connectivity index is 1.53. The molecule has 1 aliphatic rings. The molecule has 2 aromatic heterocycles. The Morgan fingerprint density at radius 2 is 1.83 bits per heavy atom. The van der Waals surface area contributed by atoms with Crippen molar-refractivity contribution in [2.45, 2.75) is 11.8 Å². The first-order valence-corrected chi connectivity index (χ1v) is 14.7. The Hall–Kier alpha value is -4.47. The number of thioether (sulfide) groups is 1. The molecule has 210 valence electrons. The van der Waals surface area contributed by atoms with Gasteiger partial charge in [-0.25, -0.2) is 9.07 Å². The second-order valence-electron chi connectivity index (χ2n) is 9.68. The first-order valence-electron chi connectivity index (χ1n) is 13.3. The van der Waals surface area contributed by atoms with Crippen molar-refractivity contribution in [3.05, 3.63) is 131 Å². The first kappa shape index (κ1) is 27.7. The Bertz CT molecular complexity index is 1750. The van der Waals surface area contributed by atoms with E-state index in [2.05, 4.69) is 10.3 Å². The molecule has 0 saturated heterocycles. The minimum Gasteiger partial charge on any atom is -0.350 e. The molecular weight excluding hydrogens is 573 g/mol. The molecule has 0 bridgehead atoms. The lowest BCUT2D eigenvalue weighted by atomic mass is 9.99. The number of halogens is 2. The lowest BCUT2D eigenvalue weighted by molar-refractivity contribution is -0.123. The molecule has 2 amide bonds. The highest BCUT2D eigenvalue weighted by atomic mass is 35.5. The van der Waals surface area contributed by atoms with Crippen molar-refractivity contribution in [3.63, 3.8) is 0 Å². The molecule has 42 heavy (non-hydrogen) atoms. The zero-order valence-electron chi connectivity index (χ0n) is 22.3. The molecule has 10 heteroatoms. The van der Waals surface area contributed by atoms with Crippen molar-refractivity contribution in [1.29, 1.82) is 0 Å². The molecule has 6 rings (SSSR count). The molecule has 0 unspecified atom stereocenters. The maximum absolute atomic E-state index is 14.5. The van der Waals surface area contributed by atoms with Gasteiger partial charge in [0.15, 0.2) is 0 Å². The highest BCUT2D eigenvalue weighted by Crippen LogP contribution is 2.49. The van der Waals surface area contributed by atoms with Crippen LogP contribution in [0.15, 0.2) is 103 Å². The van der Waals surface area contributed by atoms with E-state index in [9.17, 15) is 14.0 Å². The molecular formula is C32H25ClFN5O2S. The summed E-state index contributed by atoms with van der Waals surface area (Å²) in [4.78, 5) is 32.7. The summed E-state index contributed by atoms with van der Waals surface area (Å²) in [6, 6.07) is 26.8. The van der Waals surface area contributed by atoms with Crippen molar-refractivity contribution in [2.24, 2.45) is 0 Å². The summed E-state index contributed by atoms with van der Waals surface area (Å²) >= 11 is 8.05. The van der Waals surface area contributed by atoms with Crippen LogP contribution in [0.25, 0.3) is 16.9 Å². The summed E-state index contributed by atoms with van der Waals surface area (Å²) in [5.74, 6) is -0.507. The molecule has 5 aromatic rings. The summed E-state index contributed by atoms with van der Waals surface area (Å²) in [6.45, 7) is 0.0220. The Morgan fingerprint density at radius 3 is 2.60 bits per heavy atom.